The van der Waals surface area contributed by atoms with E-state index in [0.717, 1.165) is 17.0 Å². The molecule has 0 aliphatic heterocycles. The minimum Gasteiger partial charge on any atom is -0.455 e. The highest BCUT2D eigenvalue weighted by Crippen LogP contribution is 2.39. The van der Waals surface area contributed by atoms with Crippen molar-refractivity contribution < 1.29 is 17.6 Å². The van der Waals surface area contributed by atoms with Gasteiger partial charge in [-0.25, -0.2) is 0 Å². The molecule has 1 aromatic heterocycles. The van der Waals surface area contributed by atoms with Crippen molar-refractivity contribution in [3.05, 3.63) is 47.5 Å². The monoisotopic (exact) mass is 250 g/mol. The fourth-order valence-electron chi connectivity index (χ4n) is 2.18. The molecule has 0 bridgehead atoms. The standard InChI is InChI=1S/C14H9F3O/c1-8-4-2-5-9-10-6-3-7-11(14(15,16)17)13(10)18-12(8)9/h2-7H,1H3. The molecule has 1 heterocycles. The van der Waals surface area contributed by atoms with E-state index in [0.29, 0.717) is 11.0 Å². The number of hydrogen-bond acceptors (Lipinski definition) is 1. The summed E-state index contributed by atoms with van der Waals surface area (Å²) in [4.78, 5) is 0. The lowest BCUT2D eigenvalue weighted by Gasteiger charge is -2.05. The van der Waals surface area contributed by atoms with Crippen LogP contribution in [0.4, 0.5) is 13.2 Å². The number of fused-ring (bicyclic) bond motifs is 3. The Morgan fingerprint density at radius 2 is 1.50 bits per heavy atom. The Hall–Kier alpha value is -1.97. The lowest BCUT2D eigenvalue weighted by molar-refractivity contribution is -0.136. The van der Waals surface area contributed by atoms with E-state index >= 15 is 0 Å². The van der Waals surface area contributed by atoms with Crippen LogP contribution in [0.3, 0.4) is 0 Å². The molecule has 0 atom stereocenters. The zero-order valence-corrected chi connectivity index (χ0v) is 9.51. The van der Waals surface area contributed by atoms with Crippen molar-refractivity contribution in [2.75, 3.05) is 0 Å². The van der Waals surface area contributed by atoms with Gasteiger partial charge in [0.15, 0.2) is 0 Å². The number of hydrogen-bond donors (Lipinski definition) is 0. The van der Waals surface area contributed by atoms with Crippen LogP contribution in [0.15, 0.2) is 40.8 Å². The minimum atomic E-state index is -4.40. The van der Waals surface area contributed by atoms with Gasteiger partial charge >= 0.3 is 6.18 Å². The highest BCUT2D eigenvalue weighted by atomic mass is 19.4. The fourth-order valence-corrected chi connectivity index (χ4v) is 2.18. The molecule has 0 aliphatic rings. The summed E-state index contributed by atoms with van der Waals surface area (Å²) in [5.41, 5.74) is 0.533. The summed E-state index contributed by atoms with van der Waals surface area (Å²) < 4.78 is 44.1. The number of alkyl halides is 3. The Balaban J connectivity index is 2.50. The van der Waals surface area contributed by atoms with Crippen LogP contribution < -0.4 is 0 Å². The largest absolute Gasteiger partial charge is 0.455 e. The van der Waals surface area contributed by atoms with Crippen molar-refractivity contribution in [2.45, 2.75) is 13.1 Å². The summed E-state index contributed by atoms with van der Waals surface area (Å²) in [6.07, 6.45) is -4.40. The van der Waals surface area contributed by atoms with Gasteiger partial charge in [0.05, 0.1) is 5.56 Å². The maximum absolute atomic E-state index is 12.9. The molecule has 18 heavy (non-hydrogen) atoms. The van der Waals surface area contributed by atoms with E-state index in [4.69, 9.17) is 4.42 Å². The second-order valence-corrected chi connectivity index (χ2v) is 4.23. The molecule has 1 nitrogen and oxygen atoms in total. The van der Waals surface area contributed by atoms with Gasteiger partial charge in [0.25, 0.3) is 0 Å². The summed E-state index contributed by atoms with van der Waals surface area (Å²) >= 11 is 0. The third-order valence-corrected chi connectivity index (χ3v) is 3.03. The molecule has 0 fully saturated rings. The van der Waals surface area contributed by atoms with E-state index in [9.17, 15) is 13.2 Å². The second kappa shape index (κ2) is 3.51. The van der Waals surface area contributed by atoms with Crippen molar-refractivity contribution in [2.24, 2.45) is 0 Å². The van der Waals surface area contributed by atoms with Crippen LogP contribution in [-0.2, 0) is 6.18 Å². The number of aryl methyl sites for hydroxylation is 1. The Kier molecular flexibility index (Phi) is 2.17. The van der Waals surface area contributed by atoms with Gasteiger partial charge in [0.2, 0.25) is 0 Å². The van der Waals surface area contributed by atoms with Crippen molar-refractivity contribution in [1.29, 1.82) is 0 Å². The van der Waals surface area contributed by atoms with Gasteiger partial charge in [-0.3, -0.25) is 0 Å². The van der Waals surface area contributed by atoms with Crippen LogP contribution in [0.1, 0.15) is 11.1 Å². The predicted octanol–water partition coefficient (Wildman–Crippen LogP) is 4.91. The molecule has 0 aliphatic carbocycles. The highest BCUT2D eigenvalue weighted by Gasteiger charge is 2.34. The van der Waals surface area contributed by atoms with E-state index in [1.165, 1.54) is 6.07 Å². The molecular weight excluding hydrogens is 241 g/mol. The Morgan fingerprint density at radius 3 is 2.17 bits per heavy atom. The van der Waals surface area contributed by atoms with Crippen LogP contribution in [0.25, 0.3) is 21.9 Å². The van der Waals surface area contributed by atoms with E-state index in [1.54, 1.807) is 12.1 Å². The van der Waals surface area contributed by atoms with Gasteiger partial charge in [0, 0.05) is 10.8 Å². The maximum atomic E-state index is 12.9. The summed E-state index contributed by atoms with van der Waals surface area (Å²) in [5.74, 6) is 0. The molecule has 0 saturated carbocycles. The van der Waals surface area contributed by atoms with Crippen molar-refractivity contribution in [3.8, 4) is 0 Å². The topological polar surface area (TPSA) is 13.1 Å². The number of benzene rings is 2. The number of halogens is 3. The molecule has 3 rings (SSSR count). The first-order valence-electron chi connectivity index (χ1n) is 5.46. The summed E-state index contributed by atoms with van der Waals surface area (Å²) in [7, 11) is 0. The van der Waals surface area contributed by atoms with Gasteiger partial charge in [-0.2, -0.15) is 13.2 Å². The predicted molar refractivity (Wildman–Crippen MR) is 63.5 cm³/mol. The summed E-state index contributed by atoms with van der Waals surface area (Å²) in [6.45, 7) is 1.82. The quantitative estimate of drug-likeness (QED) is 0.552. The molecule has 4 heteroatoms. The molecule has 92 valence electrons. The van der Waals surface area contributed by atoms with Gasteiger partial charge < -0.3 is 4.42 Å². The van der Waals surface area contributed by atoms with E-state index < -0.39 is 11.7 Å². The second-order valence-electron chi connectivity index (χ2n) is 4.23. The maximum Gasteiger partial charge on any atom is 0.420 e. The molecule has 0 amide bonds. The molecule has 0 N–H and O–H groups in total. The first kappa shape index (κ1) is 11.1. The van der Waals surface area contributed by atoms with E-state index in [-0.39, 0.29) is 5.58 Å². The Morgan fingerprint density at radius 1 is 0.889 bits per heavy atom. The first-order valence-corrected chi connectivity index (χ1v) is 5.46. The van der Waals surface area contributed by atoms with Crippen LogP contribution in [-0.4, -0.2) is 0 Å². The van der Waals surface area contributed by atoms with Gasteiger partial charge in [-0.1, -0.05) is 30.3 Å². The van der Waals surface area contributed by atoms with Crippen molar-refractivity contribution in [1.82, 2.24) is 0 Å². The smallest absolute Gasteiger partial charge is 0.420 e. The van der Waals surface area contributed by atoms with E-state index in [1.807, 2.05) is 19.1 Å². The van der Waals surface area contributed by atoms with Crippen LogP contribution >= 0.6 is 0 Å². The molecule has 2 aromatic carbocycles. The average Bonchev–Trinajstić information content (AvgIpc) is 2.68. The number of furan rings is 1. The fraction of sp³-hybridized carbons (Fsp3) is 0.143. The van der Waals surface area contributed by atoms with Crippen LogP contribution in [0, 0.1) is 6.92 Å². The zero-order chi connectivity index (χ0) is 12.9. The van der Waals surface area contributed by atoms with Crippen molar-refractivity contribution >= 4 is 21.9 Å². The summed E-state index contributed by atoms with van der Waals surface area (Å²) in [6, 6.07) is 9.50. The molecule has 0 spiro atoms. The number of para-hydroxylation sites is 2. The van der Waals surface area contributed by atoms with Gasteiger partial charge in [-0.05, 0) is 18.6 Å². The molecule has 3 aromatic rings. The lowest BCUT2D eigenvalue weighted by Crippen LogP contribution is -2.04. The van der Waals surface area contributed by atoms with Gasteiger partial charge in [0.1, 0.15) is 11.2 Å². The normalized spacial score (nSPS) is 12.4. The van der Waals surface area contributed by atoms with Gasteiger partial charge in [-0.15, -0.1) is 0 Å². The van der Waals surface area contributed by atoms with Crippen LogP contribution in [0.5, 0.6) is 0 Å². The Labute approximate surface area is 101 Å². The molecule has 0 saturated heterocycles. The Bertz CT molecular complexity index is 738. The third kappa shape index (κ3) is 1.49. The summed E-state index contributed by atoms with van der Waals surface area (Å²) in [5, 5.41) is 1.22. The van der Waals surface area contributed by atoms with Crippen LogP contribution in [0.2, 0.25) is 0 Å². The molecule has 0 radical (unpaired) electrons. The SMILES string of the molecule is Cc1cccc2c1oc1c(C(F)(F)F)cccc12. The van der Waals surface area contributed by atoms with E-state index in [2.05, 4.69) is 0 Å². The minimum absolute atomic E-state index is 0.0886. The van der Waals surface area contributed by atoms with Crippen molar-refractivity contribution in [3.63, 3.8) is 0 Å². The highest BCUT2D eigenvalue weighted by molar-refractivity contribution is 6.06. The lowest BCUT2D eigenvalue weighted by atomic mass is 10.1. The average molecular weight is 250 g/mol. The number of rotatable bonds is 0. The molecular formula is C14H9F3O. The zero-order valence-electron chi connectivity index (χ0n) is 9.51. The molecule has 0 unspecified atom stereocenters. The first-order chi connectivity index (χ1) is 8.48. The third-order valence-electron chi connectivity index (χ3n) is 3.03.